The van der Waals surface area contributed by atoms with Crippen molar-refractivity contribution in [2.45, 2.75) is 52.7 Å². The summed E-state index contributed by atoms with van der Waals surface area (Å²) in [7, 11) is 0. The average Bonchev–Trinajstić information content (AvgIpc) is 2.35. The van der Waals surface area contributed by atoms with E-state index in [1.54, 1.807) is 20.8 Å². The maximum atomic E-state index is 11.6. The Kier molecular flexibility index (Phi) is 5.92. The van der Waals surface area contributed by atoms with Crippen LogP contribution in [0.4, 0.5) is 4.79 Å². The van der Waals surface area contributed by atoms with Crippen molar-refractivity contribution in [2.75, 3.05) is 6.54 Å². The molecule has 1 amide bonds. The number of aromatic nitrogens is 2. The van der Waals surface area contributed by atoms with Crippen LogP contribution in [0.1, 0.15) is 37.6 Å². The molecule has 0 aliphatic carbocycles. The number of aryl methyl sites for hydroxylation is 1. The minimum atomic E-state index is -0.528. The maximum Gasteiger partial charge on any atom is 0.407 e. The fourth-order valence-corrected chi connectivity index (χ4v) is 1.98. The predicted molar refractivity (Wildman–Crippen MR) is 82.4 cm³/mol. The van der Waals surface area contributed by atoms with E-state index in [2.05, 4.69) is 15.5 Å². The Hall–Kier alpha value is -1.40. The maximum absolute atomic E-state index is 11.6. The van der Waals surface area contributed by atoms with Crippen molar-refractivity contribution in [2.24, 2.45) is 5.73 Å². The number of carbonyl (C=O) groups is 1. The van der Waals surface area contributed by atoms with Gasteiger partial charge in [-0.25, -0.2) is 4.79 Å². The Morgan fingerprint density at radius 1 is 1.38 bits per heavy atom. The van der Waals surface area contributed by atoms with Gasteiger partial charge < -0.3 is 15.8 Å². The molecule has 0 radical (unpaired) electrons. The molecule has 0 aliphatic heterocycles. The third-order valence-electron chi connectivity index (χ3n) is 2.91. The van der Waals surface area contributed by atoms with Gasteiger partial charge in [0.25, 0.3) is 0 Å². The molecule has 118 valence electrons. The van der Waals surface area contributed by atoms with E-state index in [1.807, 2.05) is 13.8 Å². The molecule has 1 heterocycles. The molecule has 1 atom stereocenters. The van der Waals surface area contributed by atoms with E-state index in [0.717, 1.165) is 16.8 Å². The van der Waals surface area contributed by atoms with Crippen LogP contribution in [0.25, 0.3) is 0 Å². The SMILES string of the molecule is Cc1nnc(Cl)c(CC(N)CNC(=O)OC(C)(C)C)c1C. The molecule has 0 spiro atoms. The second-order valence-corrected chi connectivity index (χ2v) is 6.38. The lowest BCUT2D eigenvalue weighted by molar-refractivity contribution is 0.0524. The first-order valence-corrected chi connectivity index (χ1v) is 7.18. The Morgan fingerprint density at radius 2 is 2.00 bits per heavy atom. The second kappa shape index (κ2) is 7.04. The molecule has 0 saturated carbocycles. The number of carbonyl (C=O) groups excluding carboxylic acids is 1. The third-order valence-corrected chi connectivity index (χ3v) is 3.21. The Bertz CT molecular complexity index is 514. The van der Waals surface area contributed by atoms with Crippen molar-refractivity contribution >= 4 is 17.7 Å². The van der Waals surface area contributed by atoms with Gasteiger partial charge in [0.15, 0.2) is 5.15 Å². The van der Waals surface area contributed by atoms with Gasteiger partial charge >= 0.3 is 6.09 Å². The summed E-state index contributed by atoms with van der Waals surface area (Å²) in [6.45, 7) is 9.51. The minimum absolute atomic E-state index is 0.280. The fraction of sp³-hybridized carbons (Fsp3) is 0.643. The number of alkyl carbamates (subject to hydrolysis) is 1. The highest BCUT2D eigenvalue weighted by Crippen LogP contribution is 2.19. The molecular weight excluding hydrogens is 292 g/mol. The lowest BCUT2D eigenvalue weighted by Crippen LogP contribution is -2.41. The number of ether oxygens (including phenoxy) is 1. The van der Waals surface area contributed by atoms with Gasteiger partial charge in [-0.3, -0.25) is 0 Å². The summed E-state index contributed by atoms with van der Waals surface area (Å²) in [4.78, 5) is 11.6. The van der Waals surface area contributed by atoms with Crippen LogP contribution in [-0.2, 0) is 11.2 Å². The van der Waals surface area contributed by atoms with E-state index in [0.29, 0.717) is 18.1 Å². The van der Waals surface area contributed by atoms with Crippen LogP contribution in [0.2, 0.25) is 5.15 Å². The number of nitrogens with two attached hydrogens (primary N) is 1. The van der Waals surface area contributed by atoms with Crippen molar-refractivity contribution in [1.29, 1.82) is 0 Å². The third kappa shape index (κ3) is 5.85. The molecule has 0 aromatic carbocycles. The van der Waals surface area contributed by atoms with E-state index >= 15 is 0 Å². The highest BCUT2D eigenvalue weighted by Gasteiger charge is 2.18. The number of hydrogen-bond donors (Lipinski definition) is 2. The molecule has 3 N–H and O–H groups in total. The van der Waals surface area contributed by atoms with Crippen molar-refractivity contribution in [3.63, 3.8) is 0 Å². The normalized spacial score (nSPS) is 12.9. The van der Waals surface area contributed by atoms with Gasteiger partial charge in [-0.15, -0.1) is 5.10 Å². The zero-order valence-corrected chi connectivity index (χ0v) is 13.9. The molecule has 0 aliphatic rings. The number of nitrogens with one attached hydrogen (secondary N) is 1. The lowest BCUT2D eigenvalue weighted by Gasteiger charge is -2.21. The molecule has 1 rings (SSSR count). The quantitative estimate of drug-likeness (QED) is 0.888. The van der Waals surface area contributed by atoms with Gasteiger partial charge in [0.05, 0.1) is 5.69 Å². The van der Waals surface area contributed by atoms with Crippen LogP contribution in [0.15, 0.2) is 0 Å². The van der Waals surface area contributed by atoms with E-state index in [9.17, 15) is 4.79 Å². The molecular formula is C14H23ClN4O2. The monoisotopic (exact) mass is 314 g/mol. The highest BCUT2D eigenvalue weighted by atomic mass is 35.5. The van der Waals surface area contributed by atoms with Crippen molar-refractivity contribution in [3.05, 3.63) is 22.0 Å². The summed E-state index contributed by atoms with van der Waals surface area (Å²) in [6, 6.07) is -0.280. The Balaban J connectivity index is 2.57. The Morgan fingerprint density at radius 3 is 2.57 bits per heavy atom. The number of amides is 1. The van der Waals surface area contributed by atoms with Crippen LogP contribution in [0.3, 0.4) is 0 Å². The summed E-state index contributed by atoms with van der Waals surface area (Å²) in [5.41, 5.74) is 8.16. The van der Waals surface area contributed by atoms with Crippen molar-refractivity contribution in [3.8, 4) is 0 Å². The zero-order valence-electron chi connectivity index (χ0n) is 13.2. The second-order valence-electron chi connectivity index (χ2n) is 6.03. The first-order valence-electron chi connectivity index (χ1n) is 6.81. The van der Waals surface area contributed by atoms with E-state index in [4.69, 9.17) is 22.1 Å². The van der Waals surface area contributed by atoms with Gasteiger partial charge in [-0.2, -0.15) is 5.10 Å². The standard InChI is InChI=1S/C14H23ClN4O2/c1-8-9(2)18-19-12(15)11(8)6-10(16)7-17-13(20)21-14(3,4)5/h10H,6-7,16H2,1-5H3,(H,17,20). The van der Waals surface area contributed by atoms with Crippen molar-refractivity contribution < 1.29 is 9.53 Å². The van der Waals surface area contributed by atoms with Crippen LogP contribution in [-0.4, -0.2) is 34.5 Å². The van der Waals surface area contributed by atoms with Crippen LogP contribution in [0, 0.1) is 13.8 Å². The molecule has 1 aromatic heterocycles. The van der Waals surface area contributed by atoms with Gasteiger partial charge in [0.2, 0.25) is 0 Å². The zero-order chi connectivity index (χ0) is 16.2. The predicted octanol–water partition coefficient (Wildman–Crippen LogP) is 2.14. The molecule has 0 bridgehead atoms. The molecule has 0 saturated heterocycles. The van der Waals surface area contributed by atoms with Crippen LogP contribution < -0.4 is 11.1 Å². The molecule has 1 aromatic rings. The highest BCUT2D eigenvalue weighted by molar-refractivity contribution is 6.30. The molecule has 6 nitrogen and oxygen atoms in total. The molecule has 7 heteroatoms. The van der Waals surface area contributed by atoms with Gasteiger partial charge in [0, 0.05) is 12.6 Å². The first kappa shape index (κ1) is 17.7. The largest absolute Gasteiger partial charge is 0.444 e. The topological polar surface area (TPSA) is 90.1 Å². The summed E-state index contributed by atoms with van der Waals surface area (Å²) < 4.78 is 5.15. The van der Waals surface area contributed by atoms with Crippen LogP contribution >= 0.6 is 11.6 Å². The van der Waals surface area contributed by atoms with Gasteiger partial charge in [0.1, 0.15) is 5.60 Å². The number of rotatable bonds is 4. The van der Waals surface area contributed by atoms with Gasteiger partial charge in [-0.05, 0) is 52.2 Å². The first-order chi connectivity index (χ1) is 9.60. The lowest BCUT2D eigenvalue weighted by atomic mass is 10.0. The summed E-state index contributed by atoms with van der Waals surface area (Å²) in [6.07, 6.45) is 0.0291. The van der Waals surface area contributed by atoms with Crippen molar-refractivity contribution in [1.82, 2.24) is 15.5 Å². The van der Waals surface area contributed by atoms with E-state index in [-0.39, 0.29) is 6.04 Å². The number of nitrogens with zero attached hydrogens (tertiary/aromatic N) is 2. The average molecular weight is 315 g/mol. The molecule has 0 fully saturated rings. The number of hydrogen-bond acceptors (Lipinski definition) is 5. The smallest absolute Gasteiger partial charge is 0.407 e. The number of halogens is 1. The summed E-state index contributed by atoms with van der Waals surface area (Å²) in [5.74, 6) is 0. The Labute approximate surface area is 130 Å². The van der Waals surface area contributed by atoms with E-state index in [1.165, 1.54) is 0 Å². The molecule has 21 heavy (non-hydrogen) atoms. The van der Waals surface area contributed by atoms with E-state index < -0.39 is 11.7 Å². The molecule has 1 unspecified atom stereocenters. The fourth-order valence-electron chi connectivity index (χ4n) is 1.73. The summed E-state index contributed by atoms with van der Waals surface area (Å²) >= 11 is 6.05. The summed E-state index contributed by atoms with van der Waals surface area (Å²) in [5, 5.41) is 10.8. The van der Waals surface area contributed by atoms with Crippen LogP contribution in [0.5, 0.6) is 0 Å². The minimum Gasteiger partial charge on any atom is -0.444 e. The van der Waals surface area contributed by atoms with Gasteiger partial charge in [-0.1, -0.05) is 11.6 Å².